The van der Waals surface area contributed by atoms with Crippen LogP contribution in [0.1, 0.15) is 68.6 Å². The van der Waals surface area contributed by atoms with Crippen LogP contribution in [-0.2, 0) is 22.5 Å². The molecule has 3 N–H and O–H groups in total. The van der Waals surface area contributed by atoms with E-state index in [4.69, 9.17) is 4.74 Å². The monoisotopic (exact) mass is 586 g/mol. The van der Waals surface area contributed by atoms with Gasteiger partial charge in [0.05, 0.1) is 11.7 Å². The highest BCUT2D eigenvalue weighted by Crippen LogP contribution is 2.32. The van der Waals surface area contributed by atoms with E-state index in [9.17, 15) is 9.59 Å². The summed E-state index contributed by atoms with van der Waals surface area (Å²) in [5.74, 6) is -0.146. The van der Waals surface area contributed by atoms with Gasteiger partial charge in [0.15, 0.2) is 0 Å². The molecule has 9 nitrogen and oxygen atoms in total. The first-order valence-corrected chi connectivity index (χ1v) is 15.6. The number of hydrogen-bond donors (Lipinski definition) is 3. The number of likely N-dealkylation sites (tertiary alicyclic amines) is 1. The molecule has 1 unspecified atom stereocenters. The Bertz CT molecular complexity index is 1420. The number of rotatable bonds is 7. The average molecular weight is 587 g/mol. The molecule has 2 aliphatic heterocycles. The average Bonchev–Trinajstić information content (AvgIpc) is 3.49. The highest BCUT2D eigenvalue weighted by molar-refractivity contribution is 5.92. The number of likely N-dealkylation sites (N-methyl/N-ethyl adjacent to an activating group) is 1. The summed E-state index contributed by atoms with van der Waals surface area (Å²) >= 11 is 0. The Morgan fingerprint density at radius 3 is 2.67 bits per heavy atom. The predicted molar refractivity (Wildman–Crippen MR) is 171 cm³/mol. The van der Waals surface area contributed by atoms with Crippen LogP contribution in [0.15, 0.2) is 55.4 Å². The lowest BCUT2D eigenvalue weighted by Gasteiger charge is -2.40. The first-order chi connectivity index (χ1) is 20.8. The van der Waals surface area contributed by atoms with Crippen molar-refractivity contribution in [2.24, 2.45) is 0 Å². The third kappa shape index (κ3) is 7.39. The van der Waals surface area contributed by atoms with E-state index in [2.05, 4.69) is 64.4 Å². The molecule has 0 spiro atoms. The van der Waals surface area contributed by atoms with Crippen LogP contribution in [0.3, 0.4) is 0 Å². The number of H-pyrrole nitrogens is 1. The fourth-order valence-electron chi connectivity index (χ4n) is 6.58. The number of ether oxygens (including phenoxy) is 1. The number of anilines is 1. The van der Waals surface area contributed by atoms with Gasteiger partial charge < -0.3 is 25.2 Å². The summed E-state index contributed by atoms with van der Waals surface area (Å²) in [7, 11) is 1.82. The Hall–Kier alpha value is -3.85. The van der Waals surface area contributed by atoms with Crippen molar-refractivity contribution in [2.75, 3.05) is 25.5 Å². The number of aryl methyl sites for hydroxylation is 1. The summed E-state index contributed by atoms with van der Waals surface area (Å²) < 4.78 is 5.89. The lowest BCUT2D eigenvalue weighted by molar-refractivity contribution is -0.163. The van der Waals surface area contributed by atoms with Gasteiger partial charge in [0, 0.05) is 36.7 Å². The Morgan fingerprint density at radius 2 is 1.95 bits per heavy atom. The van der Waals surface area contributed by atoms with Gasteiger partial charge in [-0.3, -0.25) is 9.89 Å². The number of esters is 1. The van der Waals surface area contributed by atoms with E-state index in [-0.39, 0.29) is 23.6 Å². The number of nitrogens with one attached hydrogen (secondary N) is 3. The highest BCUT2D eigenvalue weighted by atomic mass is 16.6. The summed E-state index contributed by atoms with van der Waals surface area (Å²) in [5.41, 5.74) is 5.17. The van der Waals surface area contributed by atoms with Crippen molar-refractivity contribution in [3.05, 3.63) is 72.1 Å². The maximum atomic E-state index is 12.6. The number of piperidine rings is 1. The fraction of sp³-hybridized carbons (Fsp3) is 0.500. The zero-order valence-corrected chi connectivity index (χ0v) is 25.8. The van der Waals surface area contributed by atoms with Crippen LogP contribution in [-0.4, -0.2) is 69.8 Å². The zero-order valence-electron chi connectivity index (χ0n) is 25.8. The van der Waals surface area contributed by atoms with Gasteiger partial charge >= 0.3 is 12.0 Å². The standard InChI is InChI=1S/C19H27N3O2.C15H19N3O/c1-13-9-14(10-15-12-21-22-17(13)15)11-16(20-3)18(23)24-19(2)7-5-4-6-8-19;1-2-17-9-7-13(8-10-17)18-11-12-5-3-4-6-14(12)16-15(18)19/h9-10,12,16,20H,4-8,11H2,1-3H3,(H,21,22);2-6,13H,1,7-11H2,(H,16,19). The van der Waals surface area contributed by atoms with Crippen molar-refractivity contribution in [1.82, 2.24) is 25.3 Å². The van der Waals surface area contributed by atoms with E-state index < -0.39 is 0 Å². The molecule has 2 amide bonds. The minimum Gasteiger partial charge on any atom is -0.458 e. The van der Waals surface area contributed by atoms with Crippen LogP contribution in [0.25, 0.3) is 10.9 Å². The summed E-state index contributed by atoms with van der Waals surface area (Å²) in [4.78, 5) is 29.0. The molecular formula is C34H46N6O3. The fourth-order valence-corrected chi connectivity index (χ4v) is 6.58. The highest BCUT2D eigenvalue weighted by Gasteiger charge is 2.33. The van der Waals surface area contributed by atoms with Crippen molar-refractivity contribution >= 4 is 28.6 Å². The number of nitrogens with zero attached hydrogens (tertiary/aromatic N) is 3. The molecule has 2 aromatic carbocycles. The number of aromatic nitrogens is 2. The molecule has 1 saturated heterocycles. The van der Waals surface area contributed by atoms with E-state index in [1.165, 1.54) is 12.0 Å². The van der Waals surface area contributed by atoms with Gasteiger partial charge in [-0.05, 0) is 101 Å². The second kappa shape index (κ2) is 13.6. The molecule has 2 fully saturated rings. The maximum absolute atomic E-state index is 12.6. The number of fused-ring (bicyclic) bond motifs is 2. The molecule has 3 aromatic rings. The molecule has 43 heavy (non-hydrogen) atoms. The number of carbonyl (C=O) groups excluding carboxylic acids is 2. The normalized spacial score (nSPS) is 19.1. The molecule has 3 aliphatic rings. The molecule has 3 heterocycles. The summed E-state index contributed by atoms with van der Waals surface area (Å²) in [6.45, 7) is 10.6. The van der Waals surface area contributed by atoms with Gasteiger partial charge in [-0.2, -0.15) is 5.10 Å². The quantitative estimate of drug-likeness (QED) is 0.298. The smallest absolute Gasteiger partial charge is 0.324 e. The molecule has 9 heteroatoms. The van der Waals surface area contributed by atoms with E-state index >= 15 is 0 Å². The van der Waals surface area contributed by atoms with Crippen molar-refractivity contribution in [2.45, 2.75) is 89.4 Å². The van der Waals surface area contributed by atoms with Gasteiger partial charge in [0.1, 0.15) is 11.6 Å². The number of para-hydroxylation sites is 1. The molecule has 0 bridgehead atoms. The Morgan fingerprint density at radius 1 is 1.21 bits per heavy atom. The number of amides is 2. The molecule has 230 valence electrons. The second-order valence-corrected chi connectivity index (χ2v) is 12.4. The molecule has 1 saturated carbocycles. The number of carbonyl (C=O) groups is 2. The molecule has 0 radical (unpaired) electrons. The Labute approximate surface area is 255 Å². The first kappa shape index (κ1) is 30.6. The first-order valence-electron chi connectivity index (χ1n) is 15.6. The Kier molecular flexibility index (Phi) is 9.70. The van der Waals surface area contributed by atoms with Crippen molar-refractivity contribution in [3.63, 3.8) is 0 Å². The largest absolute Gasteiger partial charge is 0.458 e. The van der Waals surface area contributed by atoms with Crippen molar-refractivity contribution in [1.29, 1.82) is 0 Å². The van der Waals surface area contributed by atoms with Crippen LogP contribution < -0.4 is 10.6 Å². The van der Waals surface area contributed by atoms with Crippen molar-refractivity contribution in [3.8, 4) is 0 Å². The van der Waals surface area contributed by atoms with Gasteiger partial charge in [0.2, 0.25) is 0 Å². The van der Waals surface area contributed by atoms with Crippen LogP contribution in [0.4, 0.5) is 10.5 Å². The summed E-state index contributed by atoms with van der Waals surface area (Å²) in [6.07, 6.45) is 11.8. The van der Waals surface area contributed by atoms with E-state index in [0.717, 1.165) is 85.9 Å². The molecular weight excluding hydrogens is 540 g/mol. The van der Waals surface area contributed by atoms with E-state index in [0.29, 0.717) is 12.5 Å². The molecule has 6 rings (SSSR count). The van der Waals surface area contributed by atoms with Gasteiger partial charge in [-0.1, -0.05) is 37.3 Å². The summed E-state index contributed by atoms with van der Waals surface area (Å²) in [5, 5.41) is 14.3. The number of hydrogen-bond acceptors (Lipinski definition) is 6. The van der Waals surface area contributed by atoms with Crippen LogP contribution in [0.2, 0.25) is 0 Å². The number of urea groups is 1. The maximum Gasteiger partial charge on any atom is 0.324 e. The minimum atomic E-state index is -0.326. The van der Waals surface area contributed by atoms with E-state index in [1.807, 2.05) is 42.5 Å². The second-order valence-electron chi connectivity index (χ2n) is 12.4. The molecule has 1 aliphatic carbocycles. The number of benzene rings is 2. The Balaban J connectivity index is 0.000000176. The van der Waals surface area contributed by atoms with Gasteiger partial charge in [0.25, 0.3) is 0 Å². The summed E-state index contributed by atoms with van der Waals surface area (Å²) in [6, 6.07) is 12.3. The van der Waals surface area contributed by atoms with Crippen LogP contribution in [0, 0.1) is 6.92 Å². The van der Waals surface area contributed by atoms with Crippen molar-refractivity contribution < 1.29 is 14.3 Å². The van der Waals surface area contributed by atoms with E-state index in [1.54, 1.807) is 0 Å². The van der Waals surface area contributed by atoms with Gasteiger partial charge in [-0.15, -0.1) is 0 Å². The lowest BCUT2D eigenvalue weighted by Crippen LogP contribution is -2.49. The molecule has 1 atom stereocenters. The third-order valence-corrected chi connectivity index (χ3v) is 9.20. The van der Waals surface area contributed by atoms with Crippen LogP contribution >= 0.6 is 0 Å². The van der Waals surface area contributed by atoms with Gasteiger partial charge in [-0.25, -0.2) is 4.79 Å². The van der Waals surface area contributed by atoms with Crippen LogP contribution in [0.5, 0.6) is 0 Å². The minimum absolute atomic E-state index is 0.0377. The topological polar surface area (TPSA) is 103 Å². The number of aromatic amines is 1. The lowest BCUT2D eigenvalue weighted by atomic mass is 9.86. The third-order valence-electron chi connectivity index (χ3n) is 9.20. The zero-order chi connectivity index (χ0) is 30.4. The SMILES string of the molecule is C=CN1CCC(N2Cc3ccccc3NC2=O)CC1.CNC(Cc1cc(C)c2[nH]ncc2c1)C(=O)OC1(C)CCCCC1. The molecule has 1 aromatic heterocycles. The predicted octanol–water partition coefficient (Wildman–Crippen LogP) is 5.91.